The van der Waals surface area contributed by atoms with Crippen LogP contribution < -0.4 is 30.0 Å². The molecule has 2 aliphatic heterocycles. The number of ketones is 3. The van der Waals surface area contributed by atoms with Crippen LogP contribution in [-0.2, 0) is 36.6 Å². The van der Waals surface area contributed by atoms with Crippen LogP contribution >= 0.6 is 23.2 Å². The molecule has 1 saturated heterocycles. The number of phenols is 2. The molecule has 0 radical (unpaired) electrons. The summed E-state index contributed by atoms with van der Waals surface area (Å²) in [4.78, 5) is 70.4. The van der Waals surface area contributed by atoms with Crippen molar-refractivity contribution in [2.45, 2.75) is 108 Å². The van der Waals surface area contributed by atoms with Crippen LogP contribution in [0.2, 0.25) is 10.0 Å². The summed E-state index contributed by atoms with van der Waals surface area (Å²) in [7, 11) is 6.11. The van der Waals surface area contributed by atoms with E-state index in [1.54, 1.807) is 88.9 Å². The number of nitrogens with zero attached hydrogens (tertiary/aromatic N) is 2. The molecule has 9 N–H and O–H groups in total. The number of aromatic hydroxyl groups is 2. The van der Waals surface area contributed by atoms with Crippen molar-refractivity contribution in [2.75, 3.05) is 60.1 Å². The lowest BCUT2D eigenvalue weighted by molar-refractivity contribution is -0.247. The lowest BCUT2D eigenvalue weighted by atomic mass is 9.72. The van der Waals surface area contributed by atoms with Crippen LogP contribution in [0.1, 0.15) is 123 Å². The van der Waals surface area contributed by atoms with Gasteiger partial charge in [0.25, 0.3) is 5.91 Å². The SMILES string of the molecule is CCN(CCCCOC(=O)c1ccc(OC)c(OC)c1)C(C)Cc1ccc(OC)cc1.COc1cccc2c1C(=O)c1c(O)c3c(c(O)c1C2=O)C[C@@](O)(C(=O)CO)C[C@@H]3O[C@H]1C[C@H](N)[C@H](O)[C@H](C)O1.O=C1Nc2ccc(Cl)cc2C(c2ccccc2Cl)=NC1O. The monoisotopic (exact) mass is 1290 g/mol. The third kappa shape index (κ3) is 15.3. The number of anilines is 1. The molecule has 22 nitrogen and oxygen atoms in total. The normalized spacial score (nSPS) is 20.9. The number of phenolic OH excluding ortho intramolecular Hbond substituents is 2. The van der Waals surface area contributed by atoms with E-state index in [4.69, 9.17) is 62.1 Å². The van der Waals surface area contributed by atoms with E-state index in [-0.39, 0.29) is 40.4 Å². The Morgan fingerprint density at radius 1 is 0.813 bits per heavy atom. The topological polar surface area (TPSA) is 325 Å². The van der Waals surface area contributed by atoms with Gasteiger partial charge in [0.05, 0.1) is 87.0 Å². The minimum absolute atomic E-state index is 0.0173. The number of hydrogen-bond acceptors (Lipinski definition) is 21. The fraction of sp³-hybridized carbons (Fsp3) is 0.373. The second kappa shape index (κ2) is 30.4. The summed E-state index contributed by atoms with van der Waals surface area (Å²) in [6.45, 7) is 7.36. The van der Waals surface area contributed by atoms with Gasteiger partial charge in [0.1, 0.15) is 35.2 Å². The number of carbonyl (C=O) groups is 5. The van der Waals surface area contributed by atoms with Crippen molar-refractivity contribution >= 4 is 63.8 Å². The van der Waals surface area contributed by atoms with Crippen LogP contribution in [0.3, 0.4) is 0 Å². The van der Waals surface area contributed by atoms with Gasteiger partial charge in [0.15, 0.2) is 29.4 Å². The molecule has 2 aliphatic carbocycles. The van der Waals surface area contributed by atoms with Crippen LogP contribution in [0, 0.1) is 0 Å². The molecule has 1 amide bonds. The Morgan fingerprint density at radius 3 is 2.16 bits per heavy atom. The van der Waals surface area contributed by atoms with Crippen molar-refractivity contribution in [3.05, 3.63) is 169 Å². The number of halogens is 2. The van der Waals surface area contributed by atoms with Crippen molar-refractivity contribution in [1.82, 2.24) is 4.90 Å². The first-order valence-electron chi connectivity index (χ1n) is 29.4. The maximum atomic E-state index is 13.6. The van der Waals surface area contributed by atoms with Crippen LogP contribution in [0.4, 0.5) is 5.69 Å². The number of methoxy groups -OCH3 is 4. The number of aliphatic hydroxyl groups excluding tert-OH is 3. The number of aliphatic imine (C=N–C) groups is 1. The second-order valence-electron chi connectivity index (χ2n) is 22.1. The van der Waals surface area contributed by atoms with E-state index in [1.165, 1.54) is 30.9 Å². The summed E-state index contributed by atoms with van der Waals surface area (Å²) in [5.74, 6) is -2.74. The summed E-state index contributed by atoms with van der Waals surface area (Å²) in [5.41, 5.74) is 6.32. The van der Waals surface area contributed by atoms with Crippen molar-refractivity contribution in [2.24, 2.45) is 10.7 Å². The second-order valence-corrected chi connectivity index (χ2v) is 23.0. The first kappa shape index (κ1) is 68.9. The Balaban J connectivity index is 0.000000184. The Hall–Kier alpha value is -8.00. The molecular weight excluding hydrogens is 1220 g/mol. The third-order valence-corrected chi connectivity index (χ3v) is 16.9. The molecule has 8 atom stereocenters. The molecule has 91 heavy (non-hydrogen) atoms. The molecule has 484 valence electrons. The predicted octanol–water partition coefficient (Wildman–Crippen LogP) is 7.71. The smallest absolute Gasteiger partial charge is 0.338 e. The van der Waals surface area contributed by atoms with Gasteiger partial charge in [-0.2, -0.15) is 0 Å². The Morgan fingerprint density at radius 2 is 1.51 bits per heavy atom. The number of benzene rings is 6. The molecule has 2 unspecified atom stereocenters. The van der Waals surface area contributed by atoms with Gasteiger partial charge < -0.3 is 79.7 Å². The molecule has 1 fully saturated rings. The minimum Gasteiger partial charge on any atom is -0.507 e. The number of carbonyl (C=O) groups excluding carboxylic acids is 5. The molecule has 0 spiro atoms. The average Bonchev–Trinajstić information content (AvgIpc) is 0.968. The molecule has 6 aromatic carbocycles. The number of benzodiazepines with no additional fused rings is 1. The van der Waals surface area contributed by atoms with Crippen molar-refractivity contribution in [3.8, 4) is 34.5 Å². The van der Waals surface area contributed by atoms with E-state index in [9.17, 15) is 54.6 Å². The number of ether oxygens (including phenoxy) is 7. The molecule has 0 bridgehead atoms. The largest absolute Gasteiger partial charge is 0.507 e. The number of likely N-dealkylation sites (N-methyl/N-ethyl adjacent to an activating group) is 1. The number of aliphatic hydroxyl groups is 4. The maximum Gasteiger partial charge on any atom is 0.338 e. The first-order valence-corrected chi connectivity index (χ1v) is 30.1. The lowest BCUT2D eigenvalue weighted by Crippen LogP contribution is -2.53. The molecule has 10 rings (SSSR count). The highest BCUT2D eigenvalue weighted by atomic mass is 35.5. The highest BCUT2D eigenvalue weighted by Crippen LogP contribution is 2.53. The standard InChI is InChI=1S/C27H29NO11.C25H35NO5.C15H10Cl2N2O2/c1-10-22(31)13(28)6-17(38-10)39-15-8-27(36,16(30)9-29)7-12-19(15)26(35)21-20(24(12)33)23(32)11-4-3-5-14(37-2)18(11)25(21)34;1-6-26(19(2)17-20-9-12-22(28-3)13-10-20)15-7-8-16-31-25(27)21-11-14-23(29-4)24(18-21)30-5;16-8-5-6-12-10(7-8)13(19-15(21)14(20)18-12)9-3-1-2-4-11(9)17/h3-5,10,13,15,17,22,29,31,33,35-36H,6-9,28H2,1-2H3;9-14,18-19H,6-8,15-17H2,1-5H3;1-7,15,21H,(H,18,20)/t10-,13-,15-,17-,22+,27-;;/m0../s1. The molecular formula is C67H74Cl2N4O18. The van der Waals surface area contributed by atoms with Crippen molar-refractivity contribution in [1.29, 1.82) is 0 Å². The summed E-state index contributed by atoms with van der Waals surface area (Å²) in [6, 6.07) is 29.4. The predicted molar refractivity (Wildman–Crippen MR) is 337 cm³/mol. The molecule has 6 aromatic rings. The zero-order valence-electron chi connectivity index (χ0n) is 51.2. The maximum absolute atomic E-state index is 13.6. The van der Waals surface area contributed by atoms with Gasteiger partial charge in [-0.25, -0.2) is 9.79 Å². The Kier molecular flexibility index (Phi) is 23.0. The van der Waals surface area contributed by atoms with E-state index >= 15 is 0 Å². The van der Waals surface area contributed by atoms with E-state index in [2.05, 4.69) is 41.2 Å². The number of amides is 1. The summed E-state index contributed by atoms with van der Waals surface area (Å²) in [5, 5.41) is 67.1. The zero-order valence-corrected chi connectivity index (χ0v) is 52.7. The van der Waals surface area contributed by atoms with Gasteiger partial charge in [-0.15, -0.1) is 0 Å². The van der Waals surface area contributed by atoms with Crippen molar-refractivity contribution in [3.63, 3.8) is 0 Å². The molecule has 2 heterocycles. The van der Waals surface area contributed by atoms with Crippen molar-refractivity contribution < 1.29 is 87.8 Å². The van der Waals surface area contributed by atoms with Gasteiger partial charge in [-0.1, -0.05) is 72.6 Å². The molecule has 0 saturated carbocycles. The molecule has 4 aliphatic rings. The van der Waals surface area contributed by atoms with Gasteiger partial charge in [0, 0.05) is 69.2 Å². The van der Waals surface area contributed by atoms with E-state index in [0.717, 1.165) is 38.1 Å². The van der Waals surface area contributed by atoms with E-state index in [0.29, 0.717) is 62.3 Å². The number of esters is 1. The van der Waals surface area contributed by atoms with E-state index in [1.807, 2.05) is 12.1 Å². The Bertz CT molecular complexity index is 3690. The van der Waals surface area contributed by atoms with Crippen LogP contribution in [-0.4, -0.2) is 168 Å². The first-order chi connectivity index (χ1) is 43.5. The van der Waals surface area contributed by atoms with Gasteiger partial charge in [-0.3, -0.25) is 19.2 Å². The number of unbranched alkanes of at least 4 members (excludes halogenated alkanes) is 1. The highest BCUT2D eigenvalue weighted by Gasteiger charge is 2.50. The number of nitrogens with two attached hydrogens (primary N) is 1. The highest BCUT2D eigenvalue weighted by molar-refractivity contribution is 6.37. The number of fused-ring (bicyclic) bond motifs is 4. The number of nitrogens with one attached hydrogen (secondary N) is 1. The quantitative estimate of drug-likeness (QED) is 0.0218. The Labute approximate surface area is 536 Å². The lowest BCUT2D eigenvalue weighted by Gasteiger charge is -2.42. The van der Waals surface area contributed by atoms with Gasteiger partial charge in [-0.05, 0) is 112 Å². The van der Waals surface area contributed by atoms with Gasteiger partial charge >= 0.3 is 5.97 Å². The fourth-order valence-corrected chi connectivity index (χ4v) is 11.8. The summed E-state index contributed by atoms with van der Waals surface area (Å²) >= 11 is 12.2. The molecule has 0 aromatic heterocycles. The fourth-order valence-electron chi connectivity index (χ4n) is 11.4. The zero-order chi connectivity index (χ0) is 66.0. The van der Waals surface area contributed by atoms with Crippen LogP contribution in [0.5, 0.6) is 34.5 Å². The van der Waals surface area contributed by atoms with Crippen LogP contribution in [0.25, 0.3) is 0 Å². The van der Waals surface area contributed by atoms with Gasteiger partial charge in [0.2, 0.25) is 12.0 Å². The summed E-state index contributed by atoms with van der Waals surface area (Å²) in [6.07, 6.45) is -3.83. The number of hydrogen-bond donors (Lipinski definition) is 8. The number of rotatable bonds is 19. The third-order valence-electron chi connectivity index (χ3n) is 16.3. The van der Waals surface area contributed by atoms with E-state index < -0.39 is 108 Å². The summed E-state index contributed by atoms with van der Waals surface area (Å²) < 4.78 is 38.1. The molecule has 24 heteroatoms. The average molecular weight is 1290 g/mol. The minimum atomic E-state index is -2.24. The van der Waals surface area contributed by atoms with Crippen LogP contribution in [0.15, 0.2) is 108 Å². The number of Topliss-reactive ketones (excluding diaryl/α,β-unsaturated/α-hetero) is 1.